The molecule has 1 fully saturated rings. The summed E-state index contributed by atoms with van der Waals surface area (Å²) in [5, 5.41) is 8.04. The van der Waals surface area contributed by atoms with Crippen LogP contribution < -0.4 is 15.5 Å². The van der Waals surface area contributed by atoms with Crippen molar-refractivity contribution >= 4 is 46.9 Å². The first kappa shape index (κ1) is 24.8. The molecule has 1 aliphatic rings. The van der Waals surface area contributed by atoms with Crippen LogP contribution in [-0.2, 0) is 14.3 Å². The first-order valence-electron chi connectivity index (χ1n) is 11.0. The predicted molar refractivity (Wildman–Crippen MR) is 133 cm³/mol. The minimum absolute atomic E-state index is 0.228. The molecular formula is C25H22N4O6S. The number of thiophene rings is 1. The number of benzene rings is 2. The van der Waals surface area contributed by atoms with Crippen molar-refractivity contribution in [3.63, 3.8) is 0 Å². The van der Waals surface area contributed by atoms with Gasteiger partial charge in [-0.05, 0) is 53.4 Å². The second-order valence-electron chi connectivity index (χ2n) is 7.54. The summed E-state index contributed by atoms with van der Waals surface area (Å²) in [6, 6.07) is 16.4. The van der Waals surface area contributed by atoms with Crippen molar-refractivity contribution in [2.45, 2.75) is 0 Å². The molecular weight excluding hydrogens is 484 g/mol. The number of hydrogen-bond donors (Lipinski definition) is 2. The van der Waals surface area contributed by atoms with Crippen LogP contribution in [0.15, 0.2) is 71.1 Å². The van der Waals surface area contributed by atoms with Crippen molar-refractivity contribution in [3.05, 3.63) is 82.0 Å². The van der Waals surface area contributed by atoms with Gasteiger partial charge < -0.3 is 19.7 Å². The van der Waals surface area contributed by atoms with Gasteiger partial charge >= 0.3 is 17.8 Å². The molecule has 2 aromatic carbocycles. The molecule has 4 rings (SSSR count). The maximum atomic E-state index is 12.8. The summed E-state index contributed by atoms with van der Waals surface area (Å²) in [5.74, 6) is -2.30. The summed E-state index contributed by atoms with van der Waals surface area (Å²) in [7, 11) is 0. The summed E-state index contributed by atoms with van der Waals surface area (Å²) < 4.78 is 10.5. The molecule has 2 N–H and O–H groups in total. The SMILES string of the molecule is O=C(NN=Cc1ccc(OC(=O)c2cccs2)cc1)C(=O)Nc1ccccc1C(=O)N1CCOCC1. The standard InChI is InChI=1S/C25H22N4O6S/c30-22(27-20-5-2-1-4-19(20)24(32)29-11-13-34-14-12-29)23(31)28-26-16-17-7-9-18(10-8-17)35-25(33)21-6-3-15-36-21/h1-10,15-16H,11-14H2,(H,27,30)(H,28,31). The van der Waals surface area contributed by atoms with E-state index in [0.717, 1.165) is 0 Å². The molecule has 0 saturated carbocycles. The Balaban J connectivity index is 1.30. The first-order valence-corrected chi connectivity index (χ1v) is 11.9. The third-order valence-corrected chi connectivity index (χ3v) is 5.95. The topological polar surface area (TPSA) is 126 Å². The number of hydrazone groups is 1. The second kappa shape index (κ2) is 11.9. The van der Waals surface area contributed by atoms with Crippen LogP contribution in [0.2, 0.25) is 0 Å². The zero-order valence-corrected chi connectivity index (χ0v) is 19.8. The number of morpholine rings is 1. The minimum atomic E-state index is -0.999. The molecule has 3 amide bonds. The quantitative estimate of drug-likeness (QED) is 0.174. The Morgan fingerprint density at radius 3 is 2.42 bits per heavy atom. The summed E-state index contributed by atoms with van der Waals surface area (Å²) in [5.41, 5.74) is 3.26. The van der Waals surface area contributed by atoms with E-state index in [9.17, 15) is 19.2 Å². The zero-order chi connectivity index (χ0) is 25.3. The van der Waals surface area contributed by atoms with E-state index in [1.165, 1.54) is 17.6 Å². The van der Waals surface area contributed by atoms with E-state index in [1.54, 1.807) is 70.9 Å². The first-order chi connectivity index (χ1) is 17.5. The van der Waals surface area contributed by atoms with Gasteiger partial charge in [-0.15, -0.1) is 11.3 Å². The Morgan fingerprint density at radius 2 is 1.69 bits per heavy atom. The smallest absolute Gasteiger partial charge is 0.353 e. The van der Waals surface area contributed by atoms with E-state index in [2.05, 4.69) is 15.8 Å². The Hall–Kier alpha value is -4.35. The number of esters is 1. The Bertz CT molecular complexity index is 1270. The highest BCUT2D eigenvalue weighted by Crippen LogP contribution is 2.18. The average Bonchev–Trinajstić information content (AvgIpc) is 3.45. The van der Waals surface area contributed by atoms with Crippen molar-refractivity contribution in [3.8, 4) is 5.75 Å². The number of amides is 3. The van der Waals surface area contributed by atoms with Crippen molar-refractivity contribution in [2.75, 3.05) is 31.6 Å². The Morgan fingerprint density at radius 1 is 0.944 bits per heavy atom. The lowest BCUT2D eigenvalue weighted by Crippen LogP contribution is -2.41. The van der Waals surface area contributed by atoms with Gasteiger partial charge in [0.25, 0.3) is 5.91 Å². The summed E-state index contributed by atoms with van der Waals surface area (Å²) in [6.45, 7) is 1.80. The Kier molecular flexibility index (Phi) is 8.16. The maximum Gasteiger partial charge on any atom is 0.353 e. The van der Waals surface area contributed by atoms with E-state index in [4.69, 9.17) is 9.47 Å². The largest absolute Gasteiger partial charge is 0.422 e. The molecule has 3 aromatic rings. The molecule has 11 heteroatoms. The molecule has 184 valence electrons. The predicted octanol–water partition coefficient (Wildman–Crippen LogP) is 2.53. The van der Waals surface area contributed by atoms with Gasteiger partial charge in [-0.25, -0.2) is 10.2 Å². The summed E-state index contributed by atoms with van der Waals surface area (Å²) in [4.78, 5) is 51.5. The minimum Gasteiger partial charge on any atom is -0.422 e. The van der Waals surface area contributed by atoms with Crippen LogP contribution in [0.1, 0.15) is 25.6 Å². The van der Waals surface area contributed by atoms with Crippen LogP contribution in [-0.4, -0.2) is 61.1 Å². The third-order valence-electron chi connectivity index (χ3n) is 5.10. The van der Waals surface area contributed by atoms with Gasteiger partial charge in [0, 0.05) is 13.1 Å². The molecule has 0 atom stereocenters. The molecule has 10 nitrogen and oxygen atoms in total. The number of anilines is 1. The van der Waals surface area contributed by atoms with Crippen LogP contribution in [0.4, 0.5) is 5.69 Å². The fourth-order valence-electron chi connectivity index (χ4n) is 3.28. The van der Waals surface area contributed by atoms with Crippen LogP contribution in [0.25, 0.3) is 0 Å². The van der Waals surface area contributed by atoms with E-state index < -0.39 is 17.8 Å². The van der Waals surface area contributed by atoms with Gasteiger partial charge in [0.05, 0.1) is 30.7 Å². The normalized spacial score (nSPS) is 13.3. The number of hydrogen-bond acceptors (Lipinski definition) is 8. The second-order valence-corrected chi connectivity index (χ2v) is 8.49. The van der Waals surface area contributed by atoms with Crippen molar-refractivity contribution < 1.29 is 28.7 Å². The van der Waals surface area contributed by atoms with E-state index in [1.807, 2.05) is 0 Å². The van der Waals surface area contributed by atoms with Gasteiger partial charge in [0.2, 0.25) is 0 Å². The lowest BCUT2D eigenvalue weighted by Gasteiger charge is -2.27. The van der Waals surface area contributed by atoms with Crippen molar-refractivity contribution in [1.29, 1.82) is 0 Å². The number of carbonyl (C=O) groups excluding carboxylic acids is 4. The Labute approximate surface area is 210 Å². The zero-order valence-electron chi connectivity index (χ0n) is 19.0. The van der Waals surface area contributed by atoms with Gasteiger partial charge in [0.1, 0.15) is 10.6 Å². The van der Waals surface area contributed by atoms with E-state index in [-0.39, 0.29) is 17.2 Å². The molecule has 0 unspecified atom stereocenters. The average molecular weight is 507 g/mol. The highest BCUT2D eigenvalue weighted by Gasteiger charge is 2.23. The number of para-hydroxylation sites is 1. The lowest BCUT2D eigenvalue weighted by atomic mass is 10.1. The number of carbonyl (C=O) groups is 4. The number of nitrogens with zero attached hydrogens (tertiary/aromatic N) is 2. The molecule has 0 aliphatic carbocycles. The maximum absolute atomic E-state index is 12.8. The molecule has 1 aliphatic heterocycles. The van der Waals surface area contributed by atoms with Crippen LogP contribution in [0.5, 0.6) is 5.75 Å². The van der Waals surface area contributed by atoms with Crippen LogP contribution in [0.3, 0.4) is 0 Å². The van der Waals surface area contributed by atoms with Gasteiger partial charge in [-0.2, -0.15) is 5.10 Å². The number of rotatable bonds is 6. The highest BCUT2D eigenvalue weighted by atomic mass is 32.1. The fraction of sp³-hybridized carbons (Fsp3) is 0.160. The monoisotopic (exact) mass is 506 g/mol. The molecule has 0 bridgehead atoms. The van der Waals surface area contributed by atoms with Crippen molar-refractivity contribution in [1.82, 2.24) is 10.3 Å². The molecule has 36 heavy (non-hydrogen) atoms. The molecule has 2 heterocycles. The van der Waals surface area contributed by atoms with Gasteiger partial charge in [-0.1, -0.05) is 18.2 Å². The summed E-state index contributed by atoms with van der Waals surface area (Å²) in [6.07, 6.45) is 1.34. The molecule has 0 spiro atoms. The van der Waals surface area contributed by atoms with Gasteiger partial charge in [-0.3, -0.25) is 14.4 Å². The fourth-order valence-corrected chi connectivity index (χ4v) is 3.88. The van der Waals surface area contributed by atoms with Crippen LogP contribution in [0, 0.1) is 0 Å². The highest BCUT2D eigenvalue weighted by molar-refractivity contribution is 7.12. The van der Waals surface area contributed by atoms with Crippen molar-refractivity contribution in [2.24, 2.45) is 5.10 Å². The molecule has 1 aromatic heterocycles. The van der Waals surface area contributed by atoms with E-state index >= 15 is 0 Å². The third kappa shape index (κ3) is 6.40. The van der Waals surface area contributed by atoms with Gasteiger partial charge in [0.15, 0.2) is 0 Å². The molecule has 0 radical (unpaired) electrons. The molecule has 1 saturated heterocycles. The van der Waals surface area contributed by atoms with E-state index in [0.29, 0.717) is 42.5 Å². The lowest BCUT2D eigenvalue weighted by molar-refractivity contribution is -0.136. The number of nitrogens with one attached hydrogen (secondary N) is 2. The summed E-state index contributed by atoms with van der Waals surface area (Å²) >= 11 is 1.29. The van der Waals surface area contributed by atoms with Crippen LogP contribution >= 0.6 is 11.3 Å². The number of ether oxygens (including phenoxy) is 2.